The molecule has 2 aromatic heterocycles. The van der Waals surface area contributed by atoms with Gasteiger partial charge < -0.3 is 0 Å². The Morgan fingerprint density at radius 3 is 2.50 bits per heavy atom. The van der Waals surface area contributed by atoms with E-state index >= 15 is 0 Å². The predicted octanol–water partition coefficient (Wildman–Crippen LogP) is 4.72. The van der Waals surface area contributed by atoms with Crippen molar-refractivity contribution in [3.05, 3.63) is 28.8 Å². The normalized spacial score (nSPS) is 12.6. The van der Waals surface area contributed by atoms with Crippen molar-refractivity contribution in [2.45, 2.75) is 46.0 Å². The van der Waals surface area contributed by atoms with E-state index in [0.29, 0.717) is 5.92 Å². The Balaban J connectivity index is 2.81. The van der Waals surface area contributed by atoms with Gasteiger partial charge in [0.15, 0.2) is 0 Å². The summed E-state index contributed by atoms with van der Waals surface area (Å²) < 4.78 is 0. The first-order valence-corrected chi connectivity index (χ1v) is 6.66. The fraction of sp³-hybridized carbons (Fsp3) is 0.500. The van der Waals surface area contributed by atoms with Crippen LogP contribution in [0.2, 0.25) is 0 Å². The van der Waals surface area contributed by atoms with Crippen molar-refractivity contribution in [2.24, 2.45) is 0 Å². The van der Waals surface area contributed by atoms with Gasteiger partial charge in [0.1, 0.15) is 4.83 Å². The quantitative estimate of drug-likeness (QED) is 0.694. The Morgan fingerprint density at radius 1 is 1.25 bits per heavy atom. The summed E-state index contributed by atoms with van der Waals surface area (Å²) in [7, 11) is 0. The molecule has 0 saturated carbocycles. The van der Waals surface area contributed by atoms with Gasteiger partial charge in [-0.05, 0) is 33.9 Å². The first-order chi connectivity index (χ1) is 7.41. The molecule has 86 valence electrons. The molecule has 2 heterocycles. The van der Waals surface area contributed by atoms with Gasteiger partial charge in [0.05, 0.1) is 0 Å². The van der Waals surface area contributed by atoms with E-state index in [1.54, 1.807) is 11.3 Å². The topological polar surface area (TPSA) is 12.9 Å². The third kappa shape index (κ3) is 1.86. The molecule has 0 saturated heterocycles. The molecule has 0 amide bonds. The van der Waals surface area contributed by atoms with Crippen LogP contribution in [-0.2, 0) is 5.41 Å². The van der Waals surface area contributed by atoms with Gasteiger partial charge in [0.25, 0.3) is 0 Å². The summed E-state index contributed by atoms with van der Waals surface area (Å²) in [5.74, 6) is 0.533. The lowest BCUT2D eigenvalue weighted by atomic mass is 9.80. The van der Waals surface area contributed by atoms with Gasteiger partial charge in [-0.1, -0.05) is 34.6 Å². The first kappa shape index (κ1) is 11.6. The predicted molar refractivity (Wildman–Crippen MR) is 72.4 cm³/mol. The van der Waals surface area contributed by atoms with E-state index in [9.17, 15) is 0 Å². The van der Waals surface area contributed by atoms with Crippen LogP contribution in [-0.4, -0.2) is 4.98 Å². The summed E-state index contributed by atoms with van der Waals surface area (Å²) >= 11 is 1.73. The molecule has 0 radical (unpaired) electrons. The van der Waals surface area contributed by atoms with Gasteiger partial charge in [-0.3, -0.25) is 0 Å². The summed E-state index contributed by atoms with van der Waals surface area (Å²) in [5.41, 5.74) is 3.04. The van der Waals surface area contributed by atoms with E-state index in [-0.39, 0.29) is 5.41 Å². The number of thiophene rings is 1. The molecule has 0 unspecified atom stereocenters. The van der Waals surface area contributed by atoms with Crippen molar-refractivity contribution in [2.75, 3.05) is 0 Å². The molecule has 2 rings (SSSR count). The Labute approximate surface area is 102 Å². The number of fused-ring (bicyclic) bond motifs is 1. The second kappa shape index (κ2) is 3.85. The maximum atomic E-state index is 4.56. The summed E-state index contributed by atoms with van der Waals surface area (Å²) in [4.78, 5) is 5.72. The van der Waals surface area contributed by atoms with Crippen LogP contribution in [0.4, 0.5) is 0 Å². The standard InChI is InChI=1S/C14H19NS/c1-9(2)11-8-15-13-10(6-7-16-13)12(11)14(3,4)5/h6-9H,1-5H3. The fourth-order valence-electron chi connectivity index (χ4n) is 2.21. The van der Waals surface area contributed by atoms with Crippen LogP contribution in [0, 0.1) is 0 Å². The Hall–Kier alpha value is -0.890. The van der Waals surface area contributed by atoms with Gasteiger partial charge >= 0.3 is 0 Å². The number of rotatable bonds is 1. The van der Waals surface area contributed by atoms with Crippen molar-refractivity contribution >= 4 is 21.6 Å². The van der Waals surface area contributed by atoms with E-state index in [2.05, 4.69) is 57.2 Å². The van der Waals surface area contributed by atoms with Gasteiger partial charge in [0, 0.05) is 11.6 Å². The molecule has 16 heavy (non-hydrogen) atoms. The molecule has 0 bridgehead atoms. The minimum atomic E-state index is 0.182. The highest BCUT2D eigenvalue weighted by Gasteiger charge is 2.23. The first-order valence-electron chi connectivity index (χ1n) is 5.78. The minimum absolute atomic E-state index is 0.182. The maximum absolute atomic E-state index is 4.56. The van der Waals surface area contributed by atoms with Crippen molar-refractivity contribution in [3.63, 3.8) is 0 Å². The molecule has 0 aliphatic rings. The average molecular weight is 233 g/mol. The van der Waals surface area contributed by atoms with Crippen LogP contribution in [0.15, 0.2) is 17.6 Å². The van der Waals surface area contributed by atoms with E-state index < -0.39 is 0 Å². The van der Waals surface area contributed by atoms with Gasteiger partial charge in [-0.2, -0.15) is 0 Å². The lowest BCUT2D eigenvalue weighted by molar-refractivity contribution is 0.582. The summed E-state index contributed by atoms with van der Waals surface area (Å²) in [6, 6.07) is 2.21. The molecule has 0 fully saturated rings. The van der Waals surface area contributed by atoms with Crippen molar-refractivity contribution in [1.29, 1.82) is 0 Å². The zero-order valence-electron chi connectivity index (χ0n) is 10.7. The average Bonchev–Trinajstić information content (AvgIpc) is 2.61. The molecule has 0 aliphatic carbocycles. The highest BCUT2D eigenvalue weighted by atomic mass is 32.1. The third-order valence-electron chi connectivity index (χ3n) is 2.90. The Bertz CT molecular complexity index is 503. The summed E-state index contributed by atoms with van der Waals surface area (Å²) in [6.45, 7) is 11.3. The number of nitrogens with zero attached hydrogens (tertiary/aromatic N) is 1. The van der Waals surface area contributed by atoms with E-state index in [4.69, 9.17) is 0 Å². The number of hydrogen-bond donors (Lipinski definition) is 0. The number of pyridine rings is 1. The Kier molecular flexibility index (Phi) is 2.79. The smallest absolute Gasteiger partial charge is 0.123 e. The molecule has 2 heteroatoms. The maximum Gasteiger partial charge on any atom is 0.123 e. The summed E-state index contributed by atoms with van der Waals surface area (Å²) in [6.07, 6.45) is 2.06. The molecule has 1 nitrogen and oxygen atoms in total. The van der Waals surface area contributed by atoms with Gasteiger partial charge in [-0.15, -0.1) is 11.3 Å². The number of hydrogen-bond acceptors (Lipinski definition) is 2. The van der Waals surface area contributed by atoms with E-state index in [1.165, 1.54) is 16.5 Å². The zero-order valence-corrected chi connectivity index (χ0v) is 11.5. The van der Waals surface area contributed by atoms with E-state index in [1.807, 2.05) is 0 Å². The molecular weight excluding hydrogens is 214 g/mol. The lowest BCUT2D eigenvalue weighted by Crippen LogP contribution is -2.15. The highest BCUT2D eigenvalue weighted by Crippen LogP contribution is 2.36. The SMILES string of the molecule is CC(C)c1cnc2sccc2c1C(C)(C)C. The van der Waals surface area contributed by atoms with Crippen LogP contribution in [0.3, 0.4) is 0 Å². The monoisotopic (exact) mass is 233 g/mol. The molecule has 0 aliphatic heterocycles. The number of aromatic nitrogens is 1. The lowest BCUT2D eigenvalue weighted by Gasteiger charge is -2.25. The van der Waals surface area contributed by atoms with Crippen LogP contribution < -0.4 is 0 Å². The van der Waals surface area contributed by atoms with Gasteiger partial charge in [0.2, 0.25) is 0 Å². The molecule has 0 aromatic carbocycles. The molecule has 2 aromatic rings. The molecular formula is C14H19NS. The van der Waals surface area contributed by atoms with Crippen molar-refractivity contribution in [3.8, 4) is 0 Å². The van der Waals surface area contributed by atoms with Crippen molar-refractivity contribution < 1.29 is 0 Å². The van der Waals surface area contributed by atoms with E-state index in [0.717, 1.165) is 4.83 Å². The third-order valence-corrected chi connectivity index (χ3v) is 3.72. The van der Waals surface area contributed by atoms with Crippen LogP contribution in [0.5, 0.6) is 0 Å². The Morgan fingerprint density at radius 2 is 1.94 bits per heavy atom. The van der Waals surface area contributed by atoms with Crippen LogP contribution in [0.1, 0.15) is 51.7 Å². The zero-order chi connectivity index (χ0) is 11.9. The fourth-order valence-corrected chi connectivity index (χ4v) is 2.96. The summed E-state index contributed by atoms with van der Waals surface area (Å²) in [5, 5.41) is 3.47. The molecule has 0 spiro atoms. The van der Waals surface area contributed by atoms with Crippen LogP contribution >= 0.6 is 11.3 Å². The largest absolute Gasteiger partial charge is 0.245 e. The van der Waals surface area contributed by atoms with Crippen molar-refractivity contribution in [1.82, 2.24) is 4.98 Å². The van der Waals surface area contributed by atoms with Crippen LogP contribution in [0.25, 0.3) is 10.2 Å². The molecule has 0 N–H and O–H groups in total. The van der Waals surface area contributed by atoms with Gasteiger partial charge in [-0.25, -0.2) is 4.98 Å². The molecule has 0 atom stereocenters. The second-order valence-electron chi connectivity index (χ2n) is 5.63. The minimum Gasteiger partial charge on any atom is -0.245 e. The highest BCUT2D eigenvalue weighted by molar-refractivity contribution is 7.16. The second-order valence-corrected chi connectivity index (χ2v) is 6.53.